The summed E-state index contributed by atoms with van der Waals surface area (Å²) in [6, 6.07) is 12.5. The molecule has 0 aliphatic rings. The molecular weight excluding hydrogens is 350 g/mol. The van der Waals surface area contributed by atoms with E-state index >= 15 is 0 Å². The minimum absolute atomic E-state index is 0.107. The minimum atomic E-state index is -0.528. The molecule has 0 fully saturated rings. The standard InChI is InChI=1S/C16H16BrNO4/c1-20-14-8-3-11(15(9-14)21-2)10-22-16(19)18-13-6-4-12(17)5-7-13/h3-9H,10H2,1-2H3,(H,18,19). The molecule has 1 amide bonds. The molecule has 2 aromatic rings. The van der Waals surface area contributed by atoms with E-state index in [0.29, 0.717) is 17.2 Å². The molecule has 116 valence electrons. The number of anilines is 1. The Morgan fingerprint density at radius 1 is 1.09 bits per heavy atom. The third kappa shape index (κ3) is 4.39. The summed E-state index contributed by atoms with van der Waals surface area (Å²) >= 11 is 3.33. The van der Waals surface area contributed by atoms with Crippen molar-refractivity contribution in [2.75, 3.05) is 19.5 Å². The van der Waals surface area contributed by atoms with Crippen molar-refractivity contribution >= 4 is 27.7 Å². The normalized spacial score (nSPS) is 9.95. The van der Waals surface area contributed by atoms with Crippen molar-refractivity contribution in [3.8, 4) is 11.5 Å². The van der Waals surface area contributed by atoms with Crippen LogP contribution in [0.15, 0.2) is 46.9 Å². The van der Waals surface area contributed by atoms with E-state index in [0.717, 1.165) is 10.0 Å². The Labute approximate surface area is 137 Å². The first-order valence-corrected chi connectivity index (χ1v) is 7.32. The highest BCUT2D eigenvalue weighted by Gasteiger charge is 2.09. The molecule has 0 saturated heterocycles. The number of halogens is 1. The lowest BCUT2D eigenvalue weighted by atomic mass is 10.2. The summed E-state index contributed by atoms with van der Waals surface area (Å²) < 4.78 is 16.5. The van der Waals surface area contributed by atoms with Crippen molar-refractivity contribution < 1.29 is 19.0 Å². The summed E-state index contributed by atoms with van der Waals surface area (Å²) in [4.78, 5) is 11.8. The summed E-state index contributed by atoms with van der Waals surface area (Å²) in [7, 11) is 3.14. The lowest BCUT2D eigenvalue weighted by molar-refractivity contribution is 0.154. The van der Waals surface area contributed by atoms with Gasteiger partial charge in [-0.1, -0.05) is 15.9 Å². The molecule has 2 rings (SSSR count). The maximum Gasteiger partial charge on any atom is 0.411 e. The summed E-state index contributed by atoms with van der Waals surface area (Å²) in [6.45, 7) is 0.107. The van der Waals surface area contributed by atoms with Gasteiger partial charge < -0.3 is 14.2 Å². The second-order valence-corrected chi connectivity index (χ2v) is 5.30. The summed E-state index contributed by atoms with van der Waals surface area (Å²) in [5.74, 6) is 1.29. The number of methoxy groups -OCH3 is 2. The molecule has 1 N–H and O–H groups in total. The van der Waals surface area contributed by atoms with Crippen LogP contribution >= 0.6 is 15.9 Å². The number of benzene rings is 2. The Balaban J connectivity index is 1.94. The van der Waals surface area contributed by atoms with Crippen molar-refractivity contribution in [2.45, 2.75) is 6.61 Å². The zero-order chi connectivity index (χ0) is 15.9. The van der Waals surface area contributed by atoms with Crippen molar-refractivity contribution in [2.24, 2.45) is 0 Å². The van der Waals surface area contributed by atoms with Gasteiger partial charge in [0.2, 0.25) is 0 Å². The first kappa shape index (κ1) is 16.2. The van der Waals surface area contributed by atoms with Crippen molar-refractivity contribution in [1.29, 1.82) is 0 Å². The van der Waals surface area contributed by atoms with Crippen molar-refractivity contribution in [3.05, 3.63) is 52.5 Å². The molecule has 0 spiro atoms. The Morgan fingerprint density at radius 2 is 1.82 bits per heavy atom. The molecule has 0 unspecified atom stereocenters. The number of nitrogens with one attached hydrogen (secondary N) is 1. The average molecular weight is 366 g/mol. The molecule has 2 aromatic carbocycles. The predicted molar refractivity (Wildman–Crippen MR) is 87.5 cm³/mol. The maximum absolute atomic E-state index is 11.8. The summed E-state index contributed by atoms with van der Waals surface area (Å²) in [5.41, 5.74) is 1.42. The Kier molecular flexibility index (Phi) is 5.66. The van der Waals surface area contributed by atoms with Crippen LogP contribution in [-0.2, 0) is 11.3 Å². The van der Waals surface area contributed by atoms with Crippen molar-refractivity contribution in [3.63, 3.8) is 0 Å². The van der Waals surface area contributed by atoms with Gasteiger partial charge in [0.1, 0.15) is 18.1 Å². The zero-order valence-electron chi connectivity index (χ0n) is 12.3. The fourth-order valence-corrected chi connectivity index (χ4v) is 2.07. The van der Waals surface area contributed by atoms with Crippen LogP contribution in [0.5, 0.6) is 11.5 Å². The smallest absolute Gasteiger partial charge is 0.411 e. The lowest BCUT2D eigenvalue weighted by Gasteiger charge is -2.11. The summed E-state index contributed by atoms with van der Waals surface area (Å²) in [5, 5.41) is 2.65. The van der Waals surface area contributed by atoms with E-state index in [1.807, 2.05) is 12.1 Å². The van der Waals surface area contributed by atoms with Gasteiger partial charge in [-0.2, -0.15) is 0 Å². The summed E-state index contributed by atoms with van der Waals surface area (Å²) in [6.07, 6.45) is -0.528. The second-order valence-electron chi connectivity index (χ2n) is 4.39. The highest BCUT2D eigenvalue weighted by Crippen LogP contribution is 2.25. The van der Waals surface area contributed by atoms with Crippen LogP contribution < -0.4 is 14.8 Å². The van der Waals surface area contributed by atoms with Gasteiger partial charge in [-0.15, -0.1) is 0 Å². The molecule has 0 bridgehead atoms. The van der Waals surface area contributed by atoms with E-state index in [4.69, 9.17) is 14.2 Å². The van der Waals surface area contributed by atoms with E-state index in [1.165, 1.54) is 0 Å². The first-order chi connectivity index (χ1) is 10.6. The molecule has 6 heteroatoms. The van der Waals surface area contributed by atoms with E-state index in [9.17, 15) is 4.79 Å². The number of amides is 1. The third-order valence-electron chi connectivity index (χ3n) is 2.94. The quantitative estimate of drug-likeness (QED) is 0.861. The maximum atomic E-state index is 11.8. The molecule has 0 aromatic heterocycles. The molecule has 0 atom stereocenters. The van der Waals surface area contributed by atoms with Gasteiger partial charge in [-0.3, -0.25) is 5.32 Å². The van der Waals surface area contributed by atoms with Crippen LogP contribution in [0.1, 0.15) is 5.56 Å². The van der Waals surface area contributed by atoms with Gasteiger partial charge in [-0.05, 0) is 36.4 Å². The first-order valence-electron chi connectivity index (χ1n) is 6.52. The Bertz CT molecular complexity index is 643. The van der Waals surface area contributed by atoms with Gasteiger partial charge >= 0.3 is 6.09 Å². The highest BCUT2D eigenvalue weighted by molar-refractivity contribution is 9.10. The number of carbonyl (C=O) groups excluding carboxylic acids is 1. The third-order valence-corrected chi connectivity index (χ3v) is 3.47. The molecule has 0 aliphatic carbocycles. The van der Waals surface area contributed by atoms with Gasteiger partial charge in [0.25, 0.3) is 0 Å². The van der Waals surface area contributed by atoms with E-state index in [2.05, 4.69) is 21.2 Å². The second kappa shape index (κ2) is 7.70. The number of rotatable bonds is 5. The Hall–Kier alpha value is -2.21. The van der Waals surface area contributed by atoms with Crippen molar-refractivity contribution in [1.82, 2.24) is 0 Å². The van der Waals surface area contributed by atoms with Crippen LogP contribution in [0.2, 0.25) is 0 Å². The molecule has 0 saturated carbocycles. The molecule has 0 heterocycles. The number of hydrogen-bond donors (Lipinski definition) is 1. The molecule has 0 aliphatic heterocycles. The number of carbonyl (C=O) groups is 1. The van der Waals surface area contributed by atoms with E-state index < -0.39 is 6.09 Å². The van der Waals surface area contributed by atoms with Gasteiger partial charge in [0.15, 0.2) is 0 Å². The number of hydrogen-bond acceptors (Lipinski definition) is 4. The van der Waals surface area contributed by atoms with Gasteiger partial charge in [0.05, 0.1) is 14.2 Å². The van der Waals surface area contributed by atoms with Gasteiger partial charge in [-0.25, -0.2) is 4.79 Å². The fourth-order valence-electron chi connectivity index (χ4n) is 1.80. The fraction of sp³-hybridized carbons (Fsp3) is 0.188. The zero-order valence-corrected chi connectivity index (χ0v) is 13.8. The molecule has 22 heavy (non-hydrogen) atoms. The predicted octanol–water partition coefficient (Wildman–Crippen LogP) is 4.22. The minimum Gasteiger partial charge on any atom is -0.497 e. The Morgan fingerprint density at radius 3 is 2.45 bits per heavy atom. The largest absolute Gasteiger partial charge is 0.497 e. The SMILES string of the molecule is COc1ccc(COC(=O)Nc2ccc(Br)cc2)c(OC)c1. The average Bonchev–Trinajstić information content (AvgIpc) is 2.55. The molecular formula is C16H16BrNO4. The number of ether oxygens (including phenoxy) is 3. The van der Waals surface area contributed by atoms with Gasteiger partial charge in [0, 0.05) is 21.8 Å². The van der Waals surface area contributed by atoms with Crippen LogP contribution in [0, 0.1) is 0 Å². The topological polar surface area (TPSA) is 56.8 Å². The highest BCUT2D eigenvalue weighted by atomic mass is 79.9. The van der Waals surface area contributed by atoms with E-state index in [-0.39, 0.29) is 6.61 Å². The van der Waals surface area contributed by atoms with Crippen LogP contribution in [0.4, 0.5) is 10.5 Å². The monoisotopic (exact) mass is 365 g/mol. The molecule has 5 nitrogen and oxygen atoms in total. The lowest BCUT2D eigenvalue weighted by Crippen LogP contribution is -2.13. The van der Waals surface area contributed by atoms with Crippen LogP contribution in [-0.4, -0.2) is 20.3 Å². The molecule has 0 radical (unpaired) electrons. The van der Waals surface area contributed by atoms with E-state index in [1.54, 1.807) is 44.6 Å². The van der Waals surface area contributed by atoms with Crippen LogP contribution in [0.3, 0.4) is 0 Å². The van der Waals surface area contributed by atoms with Crippen LogP contribution in [0.25, 0.3) is 0 Å².